The Kier molecular flexibility index (Phi) is 6.65. The number of carbonyl (C=O) groups excluding carboxylic acids is 1. The molecule has 2 heterocycles. The zero-order chi connectivity index (χ0) is 24.3. The van der Waals surface area contributed by atoms with E-state index in [1.807, 2.05) is 19.0 Å². The Morgan fingerprint density at radius 2 is 2.00 bits per heavy atom. The molecule has 2 aromatic heterocycles. The molecule has 9 nitrogen and oxygen atoms in total. The number of fused-ring (bicyclic) bond motifs is 1. The molecule has 0 aliphatic carbocycles. The minimum atomic E-state index is -0.902. The zero-order valence-corrected chi connectivity index (χ0v) is 18.9. The summed E-state index contributed by atoms with van der Waals surface area (Å²) in [4.78, 5) is 29.1. The average Bonchev–Trinajstić information content (AvgIpc) is 3.07. The normalized spacial score (nSPS) is 11.2. The molecule has 33 heavy (non-hydrogen) atoms. The molecule has 0 saturated heterocycles. The van der Waals surface area contributed by atoms with Crippen molar-refractivity contribution in [2.75, 3.05) is 20.6 Å². The SMILES string of the molecule is CN(C)CC#Cc1cn(C(=O)OC(C)(C)C)c2nccc(Oc3ccc([N+](=O)[O-])cc3F)c12. The van der Waals surface area contributed by atoms with Gasteiger partial charge in [0.15, 0.2) is 17.2 Å². The molecule has 0 fully saturated rings. The lowest BCUT2D eigenvalue weighted by molar-refractivity contribution is -0.385. The Bertz CT molecular complexity index is 1280. The maximum atomic E-state index is 14.4. The summed E-state index contributed by atoms with van der Waals surface area (Å²) in [5, 5.41) is 11.3. The molecule has 172 valence electrons. The number of non-ortho nitro benzene ring substituents is 1. The van der Waals surface area contributed by atoms with Crippen molar-refractivity contribution in [2.45, 2.75) is 26.4 Å². The molecule has 0 aliphatic rings. The predicted octanol–water partition coefficient (Wildman–Crippen LogP) is 4.57. The van der Waals surface area contributed by atoms with Crippen molar-refractivity contribution in [2.24, 2.45) is 0 Å². The third kappa shape index (κ3) is 5.64. The van der Waals surface area contributed by atoms with Crippen LogP contribution in [0.5, 0.6) is 11.5 Å². The van der Waals surface area contributed by atoms with Crippen LogP contribution in [0.2, 0.25) is 0 Å². The molecule has 3 rings (SSSR count). The van der Waals surface area contributed by atoms with Gasteiger partial charge in [-0.05, 0) is 47.0 Å². The van der Waals surface area contributed by atoms with E-state index in [2.05, 4.69) is 16.8 Å². The first-order valence-electron chi connectivity index (χ1n) is 9.95. The number of hydrogen-bond donors (Lipinski definition) is 0. The number of nitro benzene ring substituents is 1. The first-order valence-corrected chi connectivity index (χ1v) is 9.95. The van der Waals surface area contributed by atoms with Gasteiger partial charge in [-0.1, -0.05) is 11.8 Å². The van der Waals surface area contributed by atoms with Crippen molar-refractivity contribution in [1.82, 2.24) is 14.5 Å². The molecule has 0 bridgehead atoms. The number of nitrogens with zero attached hydrogens (tertiary/aromatic N) is 4. The zero-order valence-electron chi connectivity index (χ0n) is 18.9. The van der Waals surface area contributed by atoms with Gasteiger partial charge < -0.3 is 9.47 Å². The Hall–Kier alpha value is -3.97. The van der Waals surface area contributed by atoms with Gasteiger partial charge in [0.25, 0.3) is 5.69 Å². The predicted molar refractivity (Wildman–Crippen MR) is 120 cm³/mol. The molecular weight excluding hydrogens is 431 g/mol. The number of nitro groups is 1. The number of aromatic nitrogens is 2. The summed E-state index contributed by atoms with van der Waals surface area (Å²) in [7, 11) is 3.73. The Morgan fingerprint density at radius 1 is 1.27 bits per heavy atom. The largest absolute Gasteiger partial charge is 0.453 e. The van der Waals surface area contributed by atoms with Crippen LogP contribution in [-0.2, 0) is 4.74 Å². The highest BCUT2D eigenvalue weighted by molar-refractivity contribution is 5.95. The maximum absolute atomic E-state index is 14.4. The van der Waals surface area contributed by atoms with E-state index in [9.17, 15) is 19.3 Å². The summed E-state index contributed by atoms with van der Waals surface area (Å²) >= 11 is 0. The minimum absolute atomic E-state index is 0.184. The fourth-order valence-electron chi connectivity index (χ4n) is 2.85. The highest BCUT2D eigenvalue weighted by Crippen LogP contribution is 2.34. The molecule has 0 atom stereocenters. The second kappa shape index (κ2) is 9.26. The molecule has 1 aromatic carbocycles. The smallest absolute Gasteiger partial charge is 0.420 e. The van der Waals surface area contributed by atoms with Crippen LogP contribution < -0.4 is 4.74 Å². The molecule has 0 spiro atoms. The van der Waals surface area contributed by atoms with Crippen LogP contribution in [0.4, 0.5) is 14.9 Å². The van der Waals surface area contributed by atoms with Crippen molar-refractivity contribution >= 4 is 22.8 Å². The van der Waals surface area contributed by atoms with Gasteiger partial charge in [0, 0.05) is 18.5 Å². The third-order valence-corrected chi connectivity index (χ3v) is 4.20. The van der Waals surface area contributed by atoms with Gasteiger partial charge in [0.2, 0.25) is 0 Å². The van der Waals surface area contributed by atoms with Crippen molar-refractivity contribution < 1.29 is 23.6 Å². The summed E-state index contributed by atoms with van der Waals surface area (Å²) < 4.78 is 26.9. The first kappa shape index (κ1) is 23.7. The first-order chi connectivity index (χ1) is 15.5. The van der Waals surface area contributed by atoms with Crippen molar-refractivity contribution in [1.29, 1.82) is 0 Å². The van der Waals surface area contributed by atoms with Gasteiger partial charge in [-0.2, -0.15) is 0 Å². The Morgan fingerprint density at radius 3 is 2.61 bits per heavy atom. The quantitative estimate of drug-likeness (QED) is 0.323. The van der Waals surface area contributed by atoms with Crippen molar-refractivity contribution in [3.8, 4) is 23.3 Å². The van der Waals surface area contributed by atoms with Gasteiger partial charge in [-0.3, -0.25) is 15.0 Å². The van der Waals surface area contributed by atoms with E-state index in [1.165, 1.54) is 29.1 Å². The molecule has 3 aromatic rings. The number of carbonyl (C=O) groups is 1. The molecule has 0 radical (unpaired) electrons. The number of halogens is 1. The molecule has 0 saturated carbocycles. The van der Waals surface area contributed by atoms with Crippen LogP contribution in [0, 0.1) is 27.8 Å². The van der Waals surface area contributed by atoms with Gasteiger partial charge in [-0.25, -0.2) is 18.7 Å². The van der Waals surface area contributed by atoms with Gasteiger partial charge >= 0.3 is 6.09 Å². The molecule has 0 aliphatic heterocycles. The van der Waals surface area contributed by atoms with E-state index in [0.29, 0.717) is 17.5 Å². The average molecular weight is 454 g/mol. The van der Waals surface area contributed by atoms with Crippen molar-refractivity contribution in [3.63, 3.8) is 0 Å². The van der Waals surface area contributed by atoms with Gasteiger partial charge in [-0.15, -0.1) is 0 Å². The molecule has 10 heteroatoms. The summed E-state index contributed by atoms with van der Waals surface area (Å²) in [6, 6.07) is 4.58. The number of pyridine rings is 1. The minimum Gasteiger partial charge on any atom is -0.453 e. The monoisotopic (exact) mass is 454 g/mol. The van der Waals surface area contributed by atoms with Gasteiger partial charge in [0.05, 0.1) is 28.5 Å². The number of benzene rings is 1. The molecule has 0 N–H and O–H groups in total. The summed E-state index contributed by atoms with van der Waals surface area (Å²) in [6.07, 6.45) is 2.24. The lowest BCUT2D eigenvalue weighted by Gasteiger charge is -2.19. The Balaban J connectivity index is 2.13. The second-order valence-corrected chi connectivity index (χ2v) is 8.41. The van der Waals surface area contributed by atoms with E-state index in [-0.39, 0.29) is 17.1 Å². The van der Waals surface area contributed by atoms with E-state index in [4.69, 9.17) is 9.47 Å². The van der Waals surface area contributed by atoms with Crippen LogP contribution >= 0.6 is 0 Å². The fraction of sp³-hybridized carbons (Fsp3) is 0.304. The van der Waals surface area contributed by atoms with Crippen LogP contribution in [0.25, 0.3) is 11.0 Å². The Labute approximate surface area is 189 Å². The lowest BCUT2D eigenvalue weighted by Crippen LogP contribution is -2.26. The molecule has 0 unspecified atom stereocenters. The standard InChI is InChI=1S/C23H23FN4O5/c1-23(2,3)33-22(29)27-14-15(7-6-12-26(4)5)20-19(10-11-25-21(20)27)32-18-9-8-16(28(30)31)13-17(18)24/h8-11,13-14H,12H2,1-5H3. The summed E-state index contributed by atoms with van der Waals surface area (Å²) in [6.45, 7) is 5.70. The number of ether oxygens (including phenoxy) is 2. The molecule has 0 amide bonds. The highest BCUT2D eigenvalue weighted by atomic mass is 19.1. The second-order valence-electron chi connectivity index (χ2n) is 8.41. The third-order valence-electron chi connectivity index (χ3n) is 4.20. The van der Waals surface area contributed by atoms with E-state index >= 15 is 0 Å². The summed E-state index contributed by atoms with van der Waals surface area (Å²) in [5.74, 6) is 5.06. The van der Waals surface area contributed by atoms with Crippen LogP contribution in [0.15, 0.2) is 36.7 Å². The summed E-state index contributed by atoms with van der Waals surface area (Å²) in [5.41, 5.74) is -0.479. The van der Waals surface area contributed by atoms with E-state index in [1.54, 1.807) is 20.8 Å². The van der Waals surface area contributed by atoms with Crippen LogP contribution in [0.3, 0.4) is 0 Å². The molecular formula is C23H23FN4O5. The fourth-order valence-corrected chi connectivity index (χ4v) is 2.85. The van der Waals surface area contributed by atoms with Crippen molar-refractivity contribution in [3.05, 3.63) is 58.2 Å². The highest BCUT2D eigenvalue weighted by Gasteiger charge is 2.23. The number of rotatable bonds is 4. The topological polar surface area (TPSA) is 99.7 Å². The lowest BCUT2D eigenvalue weighted by atomic mass is 10.2. The van der Waals surface area contributed by atoms with Crippen LogP contribution in [-0.4, -0.2) is 51.7 Å². The van der Waals surface area contributed by atoms with E-state index < -0.39 is 28.1 Å². The van der Waals surface area contributed by atoms with Gasteiger partial charge in [0.1, 0.15) is 11.4 Å². The van der Waals surface area contributed by atoms with E-state index in [0.717, 1.165) is 12.1 Å². The van der Waals surface area contributed by atoms with Crippen LogP contribution in [0.1, 0.15) is 26.3 Å². The number of hydrogen-bond acceptors (Lipinski definition) is 7. The maximum Gasteiger partial charge on any atom is 0.420 e.